The van der Waals surface area contributed by atoms with Crippen LogP contribution >= 0.6 is 0 Å². The molecule has 3 heteroatoms. The molecule has 1 unspecified atom stereocenters. The summed E-state index contributed by atoms with van der Waals surface area (Å²) in [6.07, 6.45) is 9.76. The van der Waals surface area contributed by atoms with Crippen LogP contribution in [0.1, 0.15) is 103 Å². The largest absolute Gasteiger partial charge is 0.494 e. The van der Waals surface area contributed by atoms with Crippen molar-refractivity contribution >= 4 is 0 Å². The first-order valence-corrected chi connectivity index (χ1v) is 12.7. The molecule has 2 aromatic carbocycles. The lowest BCUT2D eigenvalue weighted by molar-refractivity contribution is 0.208. The van der Waals surface area contributed by atoms with Gasteiger partial charge in [-0.1, -0.05) is 108 Å². The van der Waals surface area contributed by atoms with Gasteiger partial charge in [0.2, 0.25) is 0 Å². The van der Waals surface area contributed by atoms with Crippen LogP contribution in [-0.4, -0.2) is 12.8 Å². The number of hydrogen-bond acceptors (Lipinski definition) is 1. The predicted octanol–water partition coefficient (Wildman–Crippen LogP) is 9.80. The van der Waals surface area contributed by atoms with Crippen molar-refractivity contribution in [2.45, 2.75) is 103 Å². The van der Waals surface area contributed by atoms with Crippen LogP contribution in [0.2, 0.25) is 0 Å². The second-order valence-corrected chi connectivity index (χ2v) is 8.91. The van der Waals surface area contributed by atoms with Crippen LogP contribution in [0.15, 0.2) is 48.5 Å². The molecule has 0 aliphatic carbocycles. The maximum Gasteiger partial charge on any atom is 0.128 e. The monoisotopic (exact) mass is 444 g/mol. The summed E-state index contributed by atoms with van der Waals surface area (Å²) < 4.78 is 34.5. The quantitative estimate of drug-likeness (QED) is 0.221. The molecule has 0 aliphatic rings. The summed E-state index contributed by atoms with van der Waals surface area (Å²) in [5.41, 5.74) is 2.65. The fourth-order valence-corrected chi connectivity index (χ4v) is 3.97. The average Bonchev–Trinajstić information content (AvgIpc) is 2.82. The van der Waals surface area contributed by atoms with Gasteiger partial charge >= 0.3 is 0 Å². The molecule has 0 fully saturated rings. The Bertz CT molecular complexity index is 711. The number of unbranched alkanes of at least 4 members (excludes halogenated alkanes) is 8. The minimum atomic E-state index is -1.25. The van der Waals surface area contributed by atoms with Crippen molar-refractivity contribution in [3.05, 3.63) is 54.1 Å². The Balaban J connectivity index is 1.75. The molecule has 0 saturated heterocycles. The van der Waals surface area contributed by atoms with Gasteiger partial charge in [0, 0.05) is 6.42 Å². The molecular formula is C29H42F2O. The highest BCUT2D eigenvalue weighted by molar-refractivity contribution is 5.64. The summed E-state index contributed by atoms with van der Waals surface area (Å²) in [5, 5.41) is 0. The standard InChI is InChI=1S/C29H42F2O/c1-3-5-7-9-10-12-22-32-28-20-18-25(19-21-28)24-14-16-26(17-15-24)29(31)23-27(30)13-11-8-6-4-2/h14-21,27,29H,3-13,22-23H2,1-2H3/t27-,29?/m0/s1. The van der Waals surface area contributed by atoms with E-state index in [1.54, 1.807) is 12.1 Å². The van der Waals surface area contributed by atoms with E-state index in [-0.39, 0.29) is 6.42 Å². The number of benzene rings is 2. The first kappa shape index (κ1) is 26.4. The molecule has 2 rings (SSSR count). The summed E-state index contributed by atoms with van der Waals surface area (Å²) in [5.74, 6) is 0.885. The molecule has 0 aliphatic heterocycles. The Morgan fingerprint density at radius 1 is 0.656 bits per heavy atom. The smallest absolute Gasteiger partial charge is 0.128 e. The summed E-state index contributed by atoms with van der Waals surface area (Å²) in [6, 6.07) is 15.5. The highest BCUT2D eigenvalue weighted by atomic mass is 19.1. The Morgan fingerprint density at radius 2 is 1.19 bits per heavy atom. The molecule has 0 saturated carbocycles. The van der Waals surface area contributed by atoms with Crippen molar-refractivity contribution in [1.29, 1.82) is 0 Å². The van der Waals surface area contributed by atoms with E-state index in [4.69, 9.17) is 4.74 Å². The number of ether oxygens (including phenoxy) is 1. The number of hydrogen-bond donors (Lipinski definition) is 0. The highest BCUT2D eigenvalue weighted by Gasteiger charge is 2.17. The van der Waals surface area contributed by atoms with Crippen molar-refractivity contribution in [2.24, 2.45) is 0 Å². The van der Waals surface area contributed by atoms with E-state index in [1.807, 2.05) is 36.4 Å². The van der Waals surface area contributed by atoms with E-state index in [0.717, 1.165) is 55.6 Å². The normalized spacial score (nSPS) is 13.1. The third-order valence-corrected chi connectivity index (χ3v) is 6.06. The van der Waals surface area contributed by atoms with E-state index in [0.29, 0.717) is 12.0 Å². The molecule has 0 heterocycles. The molecule has 32 heavy (non-hydrogen) atoms. The van der Waals surface area contributed by atoms with Crippen molar-refractivity contribution in [2.75, 3.05) is 6.61 Å². The number of rotatable bonds is 17. The molecule has 0 N–H and O–H groups in total. The molecule has 0 amide bonds. The summed E-state index contributed by atoms with van der Waals surface area (Å²) in [6.45, 7) is 5.12. The predicted molar refractivity (Wildman–Crippen MR) is 133 cm³/mol. The van der Waals surface area contributed by atoms with E-state index in [2.05, 4.69) is 13.8 Å². The van der Waals surface area contributed by atoms with Crippen LogP contribution < -0.4 is 4.74 Å². The van der Waals surface area contributed by atoms with Gasteiger partial charge in [0.05, 0.1) is 6.61 Å². The van der Waals surface area contributed by atoms with E-state index in [1.165, 1.54) is 32.1 Å². The molecule has 2 aromatic rings. The maximum atomic E-state index is 14.5. The second-order valence-electron chi connectivity index (χ2n) is 8.91. The van der Waals surface area contributed by atoms with Crippen LogP contribution in [-0.2, 0) is 0 Å². The Hall–Kier alpha value is -1.90. The molecule has 0 bridgehead atoms. The van der Waals surface area contributed by atoms with Crippen LogP contribution in [0.4, 0.5) is 8.78 Å². The highest BCUT2D eigenvalue weighted by Crippen LogP contribution is 2.29. The Kier molecular flexibility index (Phi) is 13.0. The van der Waals surface area contributed by atoms with Crippen LogP contribution in [0.25, 0.3) is 11.1 Å². The van der Waals surface area contributed by atoms with Crippen molar-refractivity contribution in [3.63, 3.8) is 0 Å². The summed E-state index contributed by atoms with van der Waals surface area (Å²) in [4.78, 5) is 0. The number of alkyl halides is 2. The van der Waals surface area contributed by atoms with Gasteiger partial charge in [-0.25, -0.2) is 8.78 Å². The van der Waals surface area contributed by atoms with Crippen LogP contribution in [0, 0.1) is 0 Å². The van der Waals surface area contributed by atoms with Crippen LogP contribution in [0.3, 0.4) is 0 Å². The SMILES string of the molecule is CCCCCCCCOc1ccc(-c2ccc(C(F)C[C@@H](F)CCCCCC)cc2)cc1. The third kappa shape index (κ3) is 10.1. The molecule has 0 spiro atoms. The van der Waals surface area contributed by atoms with Crippen molar-refractivity contribution in [3.8, 4) is 16.9 Å². The van der Waals surface area contributed by atoms with Gasteiger partial charge in [0.1, 0.15) is 18.1 Å². The lowest BCUT2D eigenvalue weighted by atomic mass is 9.98. The topological polar surface area (TPSA) is 9.23 Å². The molecule has 0 aromatic heterocycles. The minimum Gasteiger partial charge on any atom is -0.494 e. The van der Waals surface area contributed by atoms with Gasteiger partial charge in [-0.3, -0.25) is 0 Å². The molecule has 1 nitrogen and oxygen atoms in total. The first-order valence-electron chi connectivity index (χ1n) is 12.7. The lowest BCUT2D eigenvalue weighted by Crippen LogP contribution is -2.05. The summed E-state index contributed by atoms with van der Waals surface area (Å²) in [7, 11) is 0. The molecule has 178 valence electrons. The van der Waals surface area contributed by atoms with Gasteiger partial charge in [0.25, 0.3) is 0 Å². The molecule has 2 atom stereocenters. The van der Waals surface area contributed by atoms with Gasteiger partial charge in [0.15, 0.2) is 0 Å². The maximum absolute atomic E-state index is 14.5. The van der Waals surface area contributed by atoms with E-state index < -0.39 is 12.3 Å². The zero-order chi connectivity index (χ0) is 23.0. The fraction of sp³-hybridized carbons (Fsp3) is 0.586. The minimum absolute atomic E-state index is 0.0455. The van der Waals surface area contributed by atoms with Gasteiger partial charge < -0.3 is 4.74 Å². The van der Waals surface area contributed by atoms with Gasteiger partial charge in [-0.05, 0) is 41.7 Å². The number of halogens is 2. The van der Waals surface area contributed by atoms with Crippen LogP contribution in [0.5, 0.6) is 5.75 Å². The van der Waals surface area contributed by atoms with E-state index in [9.17, 15) is 8.78 Å². The molecule has 0 radical (unpaired) electrons. The average molecular weight is 445 g/mol. The second kappa shape index (κ2) is 15.8. The van der Waals surface area contributed by atoms with Gasteiger partial charge in [-0.15, -0.1) is 0 Å². The third-order valence-electron chi connectivity index (χ3n) is 6.06. The van der Waals surface area contributed by atoms with Crippen molar-refractivity contribution in [1.82, 2.24) is 0 Å². The summed E-state index contributed by atoms with van der Waals surface area (Å²) >= 11 is 0. The Labute approximate surface area is 194 Å². The van der Waals surface area contributed by atoms with Crippen molar-refractivity contribution < 1.29 is 13.5 Å². The van der Waals surface area contributed by atoms with E-state index >= 15 is 0 Å². The zero-order valence-electron chi connectivity index (χ0n) is 20.1. The first-order chi connectivity index (χ1) is 15.6. The van der Waals surface area contributed by atoms with Gasteiger partial charge in [-0.2, -0.15) is 0 Å². The fourth-order valence-electron chi connectivity index (χ4n) is 3.97. The molecular weight excluding hydrogens is 402 g/mol. The Morgan fingerprint density at radius 3 is 1.81 bits per heavy atom. The lowest BCUT2D eigenvalue weighted by Gasteiger charge is -2.13. The zero-order valence-corrected chi connectivity index (χ0v) is 20.1.